The number of amides is 1. The average Bonchev–Trinajstić information content (AvgIpc) is 2.94. The summed E-state index contributed by atoms with van der Waals surface area (Å²) in [6.45, 7) is 0. The molecule has 1 saturated carbocycles. The van der Waals surface area contributed by atoms with Gasteiger partial charge in [0.2, 0.25) is 0 Å². The summed E-state index contributed by atoms with van der Waals surface area (Å²) in [5, 5.41) is 7.30. The first-order chi connectivity index (χ1) is 11.3. The minimum absolute atomic E-state index is 0.0577. The third kappa shape index (κ3) is 3.88. The highest BCUT2D eigenvalue weighted by Gasteiger charge is 2.21. The molecule has 0 radical (unpaired) electrons. The second-order valence-electron chi connectivity index (χ2n) is 5.84. The molecule has 0 atom stereocenters. The molecule has 1 heterocycles. The van der Waals surface area contributed by atoms with Gasteiger partial charge in [0.15, 0.2) is 0 Å². The summed E-state index contributed by atoms with van der Waals surface area (Å²) in [4.78, 5) is 13.2. The van der Waals surface area contributed by atoms with Gasteiger partial charge in [-0.25, -0.2) is 0 Å². The lowest BCUT2D eigenvalue weighted by molar-refractivity contribution is 0.0938. The Hall–Kier alpha value is -1.95. The van der Waals surface area contributed by atoms with Crippen LogP contribution in [-0.2, 0) is 0 Å². The molecular weight excluding hydrogens is 310 g/mol. The van der Waals surface area contributed by atoms with Crippen LogP contribution in [0.3, 0.4) is 0 Å². The molecule has 6 heteroatoms. The van der Waals surface area contributed by atoms with Gasteiger partial charge in [-0.2, -0.15) is 0 Å². The molecular formula is C17H21N3O2S. The first kappa shape index (κ1) is 15.9. The van der Waals surface area contributed by atoms with E-state index in [1.807, 2.05) is 24.3 Å². The smallest absolute Gasteiger partial charge is 0.265 e. The van der Waals surface area contributed by atoms with E-state index < -0.39 is 0 Å². The van der Waals surface area contributed by atoms with E-state index >= 15 is 0 Å². The molecule has 1 fully saturated rings. The van der Waals surface area contributed by atoms with Gasteiger partial charge in [0.25, 0.3) is 5.91 Å². The zero-order chi connectivity index (χ0) is 16.1. The highest BCUT2D eigenvalue weighted by molar-refractivity contribution is 7.08. The molecule has 122 valence electrons. The lowest BCUT2D eigenvalue weighted by Crippen LogP contribution is -2.34. The molecule has 5 nitrogen and oxygen atoms in total. The van der Waals surface area contributed by atoms with Crippen LogP contribution in [0.25, 0.3) is 11.3 Å². The standard InChI is InChI=1S/C17H21N3O2S/c1-22-14-10-8-12(9-11-14)15-16(23-20-19-15)17(21)18-13-6-4-2-3-5-7-13/h8-11,13H,2-7H2,1H3,(H,18,21). The summed E-state index contributed by atoms with van der Waals surface area (Å²) in [5.41, 5.74) is 1.52. The fourth-order valence-corrected chi connectivity index (χ4v) is 3.54. The summed E-state index contributed by atoms with van der Waals surface area (Å²) in [7, 11) is 1.63. The molecule has 1 aromatic heterocycles. The number of nitrogens with zero attached hydrogens (tertiary/aromatic N) is 2. The molecule has 3 rings (SSSR count). The van der Waals surface area contributed by atoms with Crippen LogP contribution >= 0.6 is 11.5 Å². The third-order valence-corrected chi connectivity index (χ3v) is 4.97. The number of hydrogen-bond donors (Lipinski definition) is 1. The van der Waals surface area contributed by atoms with E-state index in [1.165, 1.54) is 25.7 Å². The van der Waals surface area contributed by atoms with Crippen molar-refractivity contribution in [2.24, 2.45) is 0 Å². The fraction of sp³-hybridized carbons (Fsp3) is 0.471. The normalized spacial score (nSPS) is 15.9. The van der Waals surface area contributed by atoms with Crippen molar-refractivity contribution in [3.05, 3.63) is 29.1 Å². The molecule has 1 aliphatic carbocycles. The number of carbonyl (C=O) groups is 1. The van der Waals surface area contributed by atoms with Crippen LogP contribution in [0.15, 0.2) is 24.3 Å². The van der Waals surface area contributed by atoms with Gasteiger partial charge in [0.05, 0.1) is 7.11 Å². The van der Waals surface area contributed by atoms with E-state index in [1.54, 1.807) is 7.11 Å². The van der Waals surface area contributed by atoms with E-state index in [2.05, 4.69) is 14.9 Å². The van der Waals surface area contributed by atoms with Gasteiger partial charge in [-0.1, -0.05) is 30.2 Å². The number of benzene rings is 1. The molecule has 23 heavy (non-hydrogen) atoms. The lowest BCUT2D eigenvalue weighted by Gasteiger charge is -2.15. The van der Waals surface area contributed by atoms with Crippen LogP contribution in [0.2, 0.25) is 0 Å². The summed E-state index contributed by atoms with van der Waals surface area (Å²) < 4.78 is 9.14. The maximum absolute atomic E-state index is 12.6. The Labute approximate surface area is 140 Å². The van der Waals surface area contributed by atoms with Gasteiger partial charge in [0, 0.05) is 11.6 Å². The average molecular weight is 331 g/mol. The molecule has 1 aromatic carbocycles. The Kier molecular flexibility index (Phi) is 5.23. The maximum Gasteiger partial charge on any atom is 0.265 e. The Morgan fingerprint density at radius 2 is 1.87 bits per heavy atom. The highest BCUT2D eigenvalue weighted by Crippen LogP contribution is 2.26. The number of ether oxygens (including phenoxy) is 1. The molecule has 0 unspecified atom stereocenters. The molecule has 0 spiro atoms. The summed E-state index contributed by atoms with van der Waals surface area (Å²) in [6.07, 6.45) is 7.05. The van der Waals surface area contributed by atoms with E-state index in [4.69, 9.17) is 4.74 Å². The number of nitrogens with one attached hydrogen (secondary N) is 1. The van der Waals surface area contributed by atoms with Crippen molar-refractivity contribution in [3.8, 4) is 17.0 Å². The largest absolute Gasteiger partial charge is 0.497 e. The number of rotatable bonds is 4. The summed E-state index contributed by atoms with van der Waals surface area (Å²) >= 11 is 1.15. The minimum atomic E-state index is -0.0577. The van der Waals surface area contributed by atoms with Crippen LogP contribution in [0.5, 0.6) is 5.75 Å². The van der Waals surface area contributed by atoms with Crippen LogP contribution in [-0.4, -0.2) is 28.6 Å². The highest BCUT2D eigenvalue weighted by atomic mass is 32.1. The van der Waals surface area contributed by atoms with E-state index in [0.29, 0.717) is 10.6 Å². The Morgan fingerprint density at radius 1 is 1.17 bits per heavy atom. The van der Waals surface area contributed by atoms with Crippen molar-refractivity contribution in [2.75, 3.05) is 7.11 Å². The topological polar surface area (TPSA) is 64.1 Å². The molecule has 0 saturated heterocycles. The quantitative estimate of drug-likeness (QED) is 0.868. The summed E-state index contributed by atoms with van der Waals surface area (Å²) in [6, 6.07) is 7.80. The zero-order valence-corrected chi connectivity index (χ0v) is 14.1. The summed E-state index contributed by atoms with van der Waals surface area (Å²) in [5.74, 6) is 0.721. The molecule has 1 aliphatic rings. The minimum Gasteiger partial charge on any atom is -0.497 e. The second-order valence-corrected chi connectivity index (χ2v) is 6.60. The van der Waals surface area contributed by atoms with Gasteiger partial charge in [0.1, 0.15) is 16.3 Å². The Balaban J connectivity index is 1.75. The second kappa shape index (κ2) is 7.55. The number of hydrogen-bond acceptors (Lipinski definition) is 5. The van der Waals surface area contributed by atoms with Crippen molar-refractivity contribution < 1.29 is 9.53 Å². The van der Waals surface area contributed by atoms with Crippen molar-refractivity contribution in [2.45, 2.75) is 44.6 Å². The van der Waals surface area contributed by atoms with Crippen LogP contribution < -0.4 is 10.1 Å². The predicted octanol–water partition coefficient (Wildman–Crippen LogP) is 3.67. The molecule has 0 aliphatic heterocycles. The van der Waals surface area contributed by atoms with Crippen LogP contribution in [0, 0.1) is 0 Å². The predicted molar refractivity (Wildman–Crippen MR) is 90.9 cm³/mol. The molecule has 1 amide bonds. The molecule has 2 aromatic rings. The maximum atomic E-state index is 12.6. The van der Waals surface area contributed by atoms with Crippen molar-refractivity contribution in [3.63, 3.8) is 0 Å². The Morgan fingerprint density at radius 3 is 2.52 bits per heavy atom. The van der Waals surface area contributed by atoms with Crippen molar-refractivity contribution in [1.82, 2.24) is 14.9 Å². The molecule has 1 N–H and O–H groups in total. The van der Waals surface area contributed by atoms with Gasteiger partial charge < -0.3 is 10.1 Å². The van der Waals surface area contributed by atoms with E-state index in [0.717, 1.165) is 35.7 Å². The van der Waals surface area contributed by atoms with Crippen LogP contribution in [0.1, 0.15) is 48.2 Å². The monoisotopic (exact) mass is 331 g/mol. The van der Waals surface area contributed by atoms with Gasteiger partial charge in [-0.3, -0.25) is 4.79 Å². The fourth-order valence-electron chi connectivity index (χ4n) is 2.95. The zero-order valence-electron chi connectivity index (χ0n) is 13.2. The van der Waals surface area contributed by atoms with E-state index in [9.17, 15) is 4.79 Å². The number of methoxy groups -OCH3 is 1. The van der Waals surface area contributed by atoms with Gasteiger partial charge in [-0.05, 0) is 48.6 Å². The molecule has 0 bridgehead atoms. The number of aromatic nitrogens is 2. The first-order valence-corrected chi connectivity index (χ1v) is 8.83. The third-order valence-electron chi connectivity index (χ3n) is 4.25. The number of carbonyl (C=O) groups excluding carboxylic acids is 1. The van der Waals surface area contributed by atoms with Crippen molar-refractivity contribution >= 4 is 17.4 Å². The van der Waals surface area contributed by atoms with Gasteiger partial charge >= 0.3 is 0 Å². The van der Waals surface area contributed by atoms with Gasteiger partial charge in [-0.15, -0.1) is 5.10 Å². The van der Waals surface area contributed by atoms with Crippen molar-refractivity contribution in [1.29, 1.82) is 0 Å². The SMILES string of the molecule is COc1ccc(-c2nnsc2C(=O)NC2CCCCCC2)cc1. The van der Waals surface area contributed by atoms with Crippen LogP contribution in [0.4, 0.5) is 0 Å². The lowest BCUT2D eigenvalue weighted by atomic mass is 10.1. The van der Waals surface area contributed by atoms with E-state index in [-0.39, 0.29) is 11.9 Å². The first-order valence-electron chi connectivity index (χ1n) is 8.05. The Bertz CT molecular complexity index is 646.